The van der Waals surface area contributed by atoms with Crippen molar-refractivity contribution < 1.29 is 0 Å². The van der Waals surface area contributed by atoms with E-state index in [4.69, 9.17) is 0 Å². The van der Waals surface area contributed by atoms with E-state index in [-0.39, 0.29) is 0 Å². The molecule has 60 valence electrons. The number of aromatic nitrogens is 2. The van der Waals surface area contributed by atoms with Crippen LogP contribution in [-0.2, 0) is 0 Å². The normalized spacial score (nSPS) is 19.6. The fourth-order valence-corrected chi connectivity index (χ4v) is 2.04. The van der Waals surface area contributed by atoms with Crippen molar-refractivity contribution in [1.82, 2.24) is 9.97 Å². The van der Waals surface area contributed by atoms with Gasteiger partial charge in [0.25, 0.3) is 0 Å². The summed E-state index contributed by atoms with van der Waals surface area (Å²) in [5.41, 5.74) is 5.32. The quantitative estimate of drug-likeness (QED) is 0.678. The lowest BCUT2D eigenvalue weighted by Gasteiger charge is -1.82. The van der Waals surface area contributed by atoms with Gasteiger partial charge in [0.1, 0.15) is 0 Å². The number of hydrogen-bond acceptors (Lipinski definition) is 1. The van der Waals surface area contributed by atoms with Crippen LogP contribution in [0.4, 0.5) is 0 Å². The third kappa shape index (κ3) is 0.583. The van der Waals surface area contributed by atoms with Crippen LogP contribution in [0.2, 0.25) is 0 Å². The summed E-state index contributed by atoms with van der Waals surface area (Å²) in [4.78, 5) is 7.44. The summed E-state index contributed by atoms with van der Waals surface area (Å²) in [5, 5.41) is 0. The zero-order valence-corrected chi connectivity index (χ0v) is 6.96. The molecule has 12 heavy (non-hydrogen) atoms. The summed E-state index contributed by atoms with van der Waals surface area (Å²) in [6.45, 7) is 2.23. The molecule has 2 heteroatoms. The average Bonchev–Trinajstić information content (AvgIpc) is 2.62. The third-order valence-corrected chi connectivity index (χ3v) is 2.71. The molecule has 0 saturated heterocycles. The van der Waals surface area contributed by atoms with Crippen LogP contribution in [0.5, 0.6) is 0 Å². The van der Waals surface area contributed by atoms with E-state index in [1.807, 2.05) is 0 Å². The van der Waals surface area contributed by atoms with Gasteiger partial charge in [0.05, 0.1) is 17.4 Å². The first-order chi connectivity index (χ1) is 5.92. The van der Waals surface area contributed by atoms with Crippen molar-refractivity contribution in [2.24, 2.45) is 0 Å². The largest absolute Gasteiger partial charge is 0.345 e. The number of hydrogen-bond donors (Lipinski definition) is 1. The van der Waals surface area contributed by atoms with Crippen molar-refractivity contribution in [3.05, 3.63) is 29.6 Å². The molecule has 0 bridgehead atoms. The van der Waals surface area contributed by atoms with E-state index in [0.717, 1.165) is 0 Å². The topological polar surface area (TPSA) is 28.7 Å². The molecule has 2 nitrogen and oxygen atoms in total. The van der Waals surface area contributed by atoms with Crippen LogP contribution < -0.4 is 0 Å². The lowest BCUT2D eigenvalue weighted by molar-refractivity contribution is 0.910. The molecule has 3 rings (SSSR count). The number of fused-ring (bicyclic) bond motifs is 3. The van der Waals surface area contributed by atoms with E-state index >= 15 is 0 Å². The molecule has 1 aromatic heterocycles. The van der Waals surface area contributed by atoms with Crippen molar-refractivity contribution in [3.8, 4) is 0 Å². The van der Waals surface area contributed by atoms with Crippen molar-refractivity contribution >= 4 is 11.0 Å². The second-order valence-corrected chi connectivity index (χ2v) is 3.33. The zero-order chi connectivity index (χ0) is 8.13. The fraction of sp³-hybridized carbons (Fsp3) is 0.300. The Morgan fingerprint density at radius 3 is 3.25 bits per heavy atom. The lowest BCUT2D eigenvalue weighted by atomic mass is 10.2. The highest BCUT2D eigenvalue weighted by molar-refractivity contribution is 5.86. The van der Waals surface area contributed by atoms with Gasteiger partial charge in [0, 0.05) is 5.92 Å². The first kappa shape index (κ1) is 6.23. The number of aromatic amines is 1. The molecule has 1 aliphatic carbocycles. The Morgan fingerprint density at radius 2 is 2.42 bits per heavy atom. The molecule has 0 saturated carbocycles. The van der Waals surface area contributed by atoms with Crippen molar-refractivity contribution in [2.45, 2.75) is 19.3 Å². The predicted octanol–water partition coefficient (Wildman–Crippen LogP) is 2.42. The molecule has 1 aromatic carbocycles. The number of rotatable bonds is 1. The first-order valence-electron chi connectivity index (χ1n) is 4.37. The Morgan fingerprint density at radius 1 is 1.50 bits per heavy atom. The molecule has 0 amide bonds. The van der Waals surface area contributed by atoms with Gasteiger partial charge in [-0.2, -0.15) is 0 Å². The molecule has 0 aliphatic heterocycles. The monoisotopic (exact) mass is 158 g/mol. The number of nitrogens with zero attached hydrogens (tertiary/aromatic N) is 1. The summed E-state index contributed by atoms with van der Waals surface area (Å²) in [7, 11) is 0. The summed E-state index contributed by atoms with van der Waals surface area (Å²) < 4.78 is 0. The summed E-state index contributed by atoms with van der Waals surface area (Å²) in [5.74, 6) is 0.700. The van der Waals surface area contributed by atoms with E-state index in [1.165, 1.54) is 28.6 Å². The summed E-state index contributed by atoms with van der Waals surface area (Å²) in [6, 6.07) is 4.33. The van der Waals surface area contributed by atoms with Crippen LogP contribution in [0.1, 0.15) is 30.4 Å². The van der Waals surface area contributed by atoms with E-state index in [1.54, 1.807) is 6.33 Å². The Bertz CT molecular complexity index is 442. The van der Waals surface area contributed by atoms with E-state index in [9.17, 15) is 0 Å². The Balaban J connectivity index is 2.32. The van der Waals surface area contributed by atoms with Gasteiger partial charge in [-0.15, -0.1) is 0 Å². The Kier molecular flexibility index (Phi) is 0.980. The average molecular weight is 158 g/mol. The smallest absolute Gasteiger partial charge is 0.0932 e. The van der Waals surface area contributed by atoms with Crippen molar-refractivity contribution in [1.29, 1.82) is 0 Å². The van der Waals surface area contributed by atoms with E-state index in [2.05, 4.69) is 29.0 Å². The second-order valence-electron chi connectivity index (χ2n) is 3.33. The van der Waals surface area contributed by atoms with Gasteiger partial charge < -0.3 is 4.98 Å². The van der Waals surface area contributed by atoms with Crippen LogP contribution in [-0.4, -0.2) is 9.97 Å². The molecule has 1 unspecified atom stereocenters. The molecule has 0 fully saturated rings. The highest BCUT2D eigenvalue weighted by Gasteiger charge is 2.33. The van der Waals surface area contributed by atoms with Crippen LogP contribution in [0, 0.1) is 0 Å². The van der Waals surface area contributed by atoms with E-state index in [0.29, 0.717) is 5.92 Å². The van der Waals surface area contributed by atoms with Crippen LogP contribution in [0.3, 0.4) is 0 Å². The molecule has 2 aromatic rings. The minimum atomic E-state index is 0.700. The number of benzene rings is 1. The van der Waals surface area contributed by atoms with E-state index < -0.39 is 0 Å². The molecule has 1 atom stereocenters. The summed E-state index contributed by atoms with van der Waals surface area (Å²) in [6.07, 6.45) is 2.98. The number of nitrogens with one attached hydrogen (secondary N) is 1. The maximum atomic E-state index is 4.31. The molecule has 1 heterocycles. The minimum absolute atomic E-state index is 0.700. The Labute approximate surface area is 70.6 Å². The molecule has 1 N–H and O–H groups in total. The van der Waals surface area contributed by atoms with Crippen molar-refractivity contribution in [2.75, 3.05) is 0 Å². The third-order valence-electron chi connectivity index (χ3n) is 2.71. The van der Waals surface area contributed by atoms with Gasteiger partial charge in [-0.25, -0.2) is 4.98 Å². The SMILES string of the molecule is CCC1c2ccc3[nH]cnc3c21. The van der Waals surface area contributed by atoms with Crippen LogP contribution in [0.25, 0.3) is 11.0 Å². The Hall–Kier alpha value is -1.31. The zero-order valence-electron chi connectivity index (χ0n) is 6.96. The number of imidazole rings is 1. The van der Waals surface area contributed by atoms with Gasteiger partial charge in [-0.3, -0.25) is 0 Å². The maximum Gasteiger partial charge on any atom is 0.0932 e. The second kappa shape index (κ2) is 1.89. The van der Waals surface area contributed by atoms with Crippen LogP contribution in [0.15, 0.2) is 18.5 Å². The van der Waals surface area contributed by atoms with Gasteiger partial charge in [-0.05, 0) is 23.6 Å². The summed E-state index contributed by atoms with van der Waals surface area (Å²) >= 11 is 0. The number of H-pyrrole nitrogens is 1. The molecule has 1 aliphatic rings. The minimum Gasteiger partial charge on any atom is -0.345 e. The van der Waals surface area contributed by atoms with Gasteiger partial charge in [0.15, 0.2) is 0 Å². The van der Waals surface area contributed by atoms with Crippen LogP contribution >= 0.6 is 0 Å². The first-order valence-corrected chi connectivity index (χ1v) is 4.37. The highest BCUT2D eigenvalue weighted by Crippen LogP contribution is 2.48. The van der Waals surface area contributed by atoms with Gasteiger partial charge in [0.2, 0.25) is 0 Å². The van der Waals surface area contributed by atoms with Gasteiger partial charge in [-0.1, -0.05) is 13.0 Å². The predicted molar refractivity (Wildman–Crippen MR) is 48.2 cm³/mol. The molecular formula is C10H10N2. The molecule has 0 radical (unpaired) electrons. The van der Waals surface area contributed by atoms with Gasteiger partial charge >= 0.3 is 0 Å². The fourth-order valence-electron chi connectivity index (χ4n) is 2.04. The lowest BCUT2D eigenvalue weighted by Crippen LogP contribution is -1.68. The standard InChI is InChI=1S/C10H10N2/c1-2-6-7-3-4-8-10(9(6)7)12-5-11-8/h3-6H,2H2,1H3,(H,11,12). The molecular weight excluding hydrogens is 148 g/mol. The highest BCUT2D eigenvalue weighted by atomic mass is 14.9. The van der Waals surface area contributed by atoms with Crippen molar-refractivity contribution in [3.63, 3.8) is 0 Å². The molecule has 0 spiro atoms. The maximum absolute atomic E-state index is 4.31.